The van der Waals surface area contributed by atoms with Gasteiger partial charge >= 0.3 is 12.1 Å². The van der Waals surface area contributed by atoms with E-state index in [1.54, 1.807) is 23.1 Å². The number of ether oxygens (including phenoxy) is 2. The SMILES string of the molecule is Cc1ccc(NC(=O)COC(=O)C2CCN(C(=O)OC(C)(C)C)CC2)cc1Cl. The van der Waals surface area contributed by atoms with Gasteiger partial charge in [-0.25, -0.2) is 4.79 Å². The summed E-state index contributed by atoms with van der Waals surface area (Å²) in [6, 6.07) is 5.17. The number of amides is 2. The third-order valence-corrected chi connectivity index (χ3v) is 4.69. The molecule has 1 fully saturated rings. The molecular formula is C20H27ClN2O5. The van der Waals surface area contributed by atoms with Crippen LogP contribution in [0.4, 0.5) is 10.5 Å². The maximum Gasteiger partial charge on any atom is 0.410 e. The standard InChI is InChI=1S/C20H27ClN2O5/c1-13-5-6-15(11-16(13)21)22-17(24)12-27-18(25)14-7-9-23(10-8-14)19(26)28-20(2,3)4/h5-6,11,14H,7-10,12H2,1-4H3,(H,22,24). The van der Waals surface area contributed by atoms with E-state index in [0.717, 1.165) is 5.56 Å². The van der Waals surface area contributed by atoms with Crippen LogP contribution in [0.25, 0.3) is 0 Å². The first kappa shape index (κ1) is 22.0. The fourth-order valence-corrected chi connectivity index (χ4v) is 2.93. The molecule has 0 unspecified atom stereocenters. The van der Waals surface area contributed by atoms with E-state index < -0.39 is 17.5 Å². The zero-order valence-corrected chi connectivity index (χ0v) is 17.5. The molecule has 0 spiro atoms. The molecule has 0 radical (unpaired) electrons. The second-order valence-electron chi connectivity index (χ2n) is 7.86. The number of nitrogens with zero attached hydrogens (tertiary/aromatic N) is 1. The average molecular weight is 411 g/mol. The van der Waals surface area contributed by atoms with E-state index in [4.69, 9.17) is 21.1 Å². The van der Waals surface area contributed by atoms with E-state index in [1.165, 1.54) is 0 Å². The molecule has 1 aromatic rings. The average Bonchev–Trinajstić information content (AvgIpc) is 2.61. The van der Waals surface area contributed by atoms with Crippen molar-refractivity contribution in [1.29, 1.82) is 0 Å². The Morgan fingerprint density at radius 1 is 1.21 bits per heavy atom. The van der Waals surface area contributed by atoms with Gasteiger partial charge < -0.3 is 19.7 Å². The number of nitrogens with one attached hydrogen (secondary N) is 1. The molecule has 0 saturated carbocycles. The van der Waals surface area contributed by atoms with Crippen molar-refractivity contribution in [2.75, 3.05) is 25.0 Å². The van der Waals surface area contributed by atoms with Gasteiger partial charge in [0.05, 0.1) is 5.92 Å². The quantitative estimate of drug-likeness (QED) is 0.763. The summed E-state index contributed by atoms with van der Waals surface area (Å²) >= 11 is 6.02. The number of likely N-dealkylation sites (tertiary alicyclic amines) is 1. The van der Waals surface area contributed by atoms with Crippen LogP contribution in [0.15, 0.2) is 18.2 Å². The highest BCUT2D eigenvalue weighted by molar-refractivity contribution is 6.31. The minimum absolute atomic E-state index is 0.333. The monoisotopic (exact) mass is 410 g/mol. The van der Waals surface area contributed by atoms with Gasteiger partial charge in [0.1, 0.15) is 5.60 Å². The van der Waals surface area contributed by atoms with Crippen LogP contribution in [0, 0.1) is 12.8 Å². The van der Waals surface area contributed by atoms with Gasteiger partial charge in [-0.1, -0.05) is 17.7 Å². The molecule has 1 aliphatic rings. The summed E-state index contributed by atoms with van der Waals surface area (Å²) in [5, 5.41) is 3.19. The number of anilines is 1. The smallest absolute Gasteiger partial charge is 0.410 e. The minimum Gasteiger partial charge on any atom is -0.455 e. The summed E-state index contributed by atoms with van der Waals surface area (Å²) in [4.78, 5) is 37.8. The summed E-state index contributed by atoms with van der Waals surface area (Å²) in [6.45, 7) is 7.77. The molecule has 7 nitrogen and oxygen atoms in total. The lowest BCUT2D eigenvalue weighted by atomic mass is 9.97. The van der Waals surface area contributed by atoms with Crippen molar-refractivity contribution in [3.63, 3.8) is 0 Å². The van der Waals surface area contributed by atoms with E-state index in [-0.39, 0.29) is 18.6 Å². The molecule has 1 aromatic carbocycles. The van der Waals surface area contributed by atoms with Gasteiger partial charge in [0, 0.05) is 23.8 Å². The van der Waals surface area contributed by atoms with E-state index in [9.17, 15) is 14.4 Å². The second-order valence-corrected chi connectivity index (χ2v) is 8.27. The van der Waals surface area contributed by atoms with Crippen LogP contribution in [0.1, 0.15) is 39.2 Å². The molecule has 0 atom stereocenters. The summed E-state index contributed by atoms with van der Waals surface area (Å²) in [6.07, 6.45) is 0.580. The fourth-order valence-electron chi connectivity index (χ4n) is 2.75. The number of hydrogen-bond acceptors (Lipinski definition) is 5. The summed E-state index contributed by atoms with van der Waals surface area (Å²) < 4.78 is 10.5. The van der Waals surface area contributed by atoms with Crippen molar-refractivity contribution in [1.82, 2.24) is 4.90 Å². The van der Waals surface area contributed by atoms with Crippen LogP contribution in [0.3, 0.4) is 0 Å². The lowest BCUT2D eigenvalue weighted by Gasteiger charge is -2.32. The van der Waals surface area contributed by atoms with Gasteiger partial charge in [0.2, 0.25) is 0 Å². The van der Waals surface area contributed by atoms with E-state index in [0.29, 0.717) is 36.6 Å². The van der Waals surface area contributed by atoms with Crippen molar-refractivity contribution >= 4 is 35.3 Å². The number of rotatable bonds is 4. The Balaban J connectivity index is 1.74. The molecular weight excluding hydrogens is 384 g/mol. The predicted octanol–water partition coefficient (Wildman–Crippen LogP) is 3.78. The molecule has 1 N–H and O–H groups in total. The van der Waals surface area contributed by atoms with Crippen LogP contribution in [0.5, 0.6) is 0 Å². The van der Waals surface area contributed by atoms with E-state index in [1.807, 2.05) is 27.7 Å². The summed E-state index contributed by atoms with van der Waals surface area (Å²) in [7, 11) is 0. The molecule has 2 rings (SSSR count). The van der Waals surface area contributed by atoms with Gasteiger partial charge in [-0.15, -0.1) is 0 Å². The second kappa shape index (κ2) is 9.28. The Morgan fingerprint density at radius 2 is 1.86 bits per heavy atom. The van der Waals surface area contributed by atoms with Gasteiger partial charge in [-0.05, 0) is 58.2 Å². The maximum absolute atomic E-state index is 12.2. The number of carbonyl (C=O) groups is 3. The van der Waals surface area contributed by atoms with Crippen LogP contribution < -0.4 is 5.32 Å². The topological polar surface area (TPSA) is 84.9 Å². The molecule has 1 heterocycles. The molecule has 0 aliphatic carbocycles. The van der Waals surface area contributed by atoms with Crippen molar-refractivity contribution in [3.05, 3.63) is 28.8 Å². The van der Waals surface area contributed by atoms with Gasteiger partial charge in [-0.3, -0.25) is 9.59 Å². The summed E-state index contributed by atoms with van der Waals surface area (Å²) in [5.41, 5.74) is 0.896. The molecule has 2 amide bonds. The first-order valence-electron chi connectivity index (χ1n) is 9.26. The predicted molar refractivity (Wildman–Crippen MR) is 106 cm³/mol. The molecule has 0 aromatic heterocycles. The Hall–Kier alpha value is -2.28. The molecule has 28 heavy (non-hydrogen) atoms. The fraction of sp³-hybridized carbons (Fsp3) is 0.550. The van der Waals surface area contributed by atoms with E-state index in [2.05, 4.69) is 5.32 Å². The van der Waals surface area contributed by atoms with Crippen molar-refractivity contribution in [2.45, 2.75) is 46.1 Å². The Kier molecular flexibility index (Phi) is 7.29. The molecule has 1 aliphatic heterocycles. The number of halogens is 1. The molecule has 8 heteroatoms. The van der Waals surface area contributed by atoms with Crippen LogP contribution in [-0.4, -0.2) is 48.2 Å². The highest BCUT2D eigenvalue weighted by atomic mass is 35.5. The normalized spacial score (nSPS) is 15.1. The first-order chi connectivity index (χ1) is 13.0. The highest BCUT2D eigenvalue weighted by Gasteiger charge is 2.30. The van der Waals surface area contributed by atoms with Crippen LogP contribution in [0.2, 0.25) is 5.02 Å². The van der Waals surface area contributed by atoms with Crippen molar-refractivity contribution in [3.8, 4) is 0 Å². The van der Waals surface area contributed by atoms with Gasteiger partial charge in [0.25, 0.3) is 5.91 Å². The number of carbonyl (C=O) groups excluding carboxylic acids is 3. The Bertz CT molecular complexity index is 737. The van der Waals surface area contributed by atoms with Crippen LogP contribution in [-0.2, 0) is 19.1 Å². The third kappa shape index (κ3) is 6.71. The highest BCUT2D eigenvalue weighted by Crippen LogP contribution is 2.22. The lowest BCUT2D eigenvalue weighted by molar-refractivity contribution is -0.153. The first-order valence-corrected chi connectivity index (χ1v) is 9.63. The Labute approximate surface area is 170 Å². The third-order valence-electron chi connectivity index (χ3n) is 4.28. The zero-order chi connectivity index (χ0) is 20.9. The number of esters is 1. The molecule has 1 saturated heterocycles. The molecule has 0 bridgehead atoms. The largest absolute Gasteiger partial charge is 0.455 e. The maximum atomic E-state index is 12.2. The zero-order valence-electron chi connectivity index (χ0n) is 16.7. The van der Waals surface area contributed by atoms with Gasteiger partial charge in [0.15, 0.2) is 6.61 Å². The van der Waals surface area contributed by atoms with Crippen molar-refractivity contribution in [2.24, 2.45) is 5.92 Å². The number of aryl methyl sites for hydroxylation is 1. The van der Waals surface area contributed by atoms with Crippen LogP contribution >= 0.6 is 11.6 Å². The Morgan fingerprint density at radius 3 is 2.43 bits per heavy atom. The number of benzene rings is 1. The number of hydrogen-bond donors (Lipinski definition) is 1. The molecule has 154 valence electrons. The number of piperidine rings is 1. The minimum atomic E-state index is -0.554. The van der Waals surface area contributed by atoms with Crippen molar-refractivity contribution < 1.29 is 23.9 Å². The van der Waals surface area contributed by atoms with Gasteiger partial charge in [-0.2, -0.15) is 0 Å². The lowest BCUT2D eigenvalue weighted by Crippen LogP contribution is -2.43. The summed E-state index contributed by atoms with van der Waals surface area (Å²) in [5.74, 6) is -1.19. The van der Waals surface area contributed by atoms with E-state index >= 15 is 0 Å².